The van der Waals surface area contributed by atoms with E-state index in [1.807, 2.05) is 19.1 Å². The number of amides is 2. The maximum atomic E-state index is 14.8. The number of likely N-dealkylation sites (tertiary alicyclic amines) is 1. The van der Waals surface area contributed by atoms with Gasteiger partial charge in [0.05, 0.1) is 49.4 Å². The molecule has 2 amide bonds. The maximum Gasteiger partial charge on any atom is 0.330 e. The number of nitrogens with one attached hydrogen (secondary N) is 1. The number of carboxylic acids is 1. The summed E-state index contributed by atoms with van der Waals surface area (Å²) >= 11 is 0. The van der Waals surface area contributed by atoms with E-state index in [-0.39, 0.29) is 5.56 Å². The van der Waals surface area contributed by atoms with Crippen LogP contribution in [0.5, 0.6) is 11.5 Å². The Balaban J connectivity index is 1.80. The van der Waals surface area contributed by atoms with Crippen molar-refractivity contribution >= 4 is 23.5 Å². The minimum Gasteiger partial charge on any atom is -0.493 e. The van der Waals surface area contributed by atoms with Crippen molar-refractivity contribution in [3.05, 3.63) is 124 Å². The maximum absolute atomic E-state index is 14.8. The molecule has 5 rings (SSSR count). The van der Waals surface area contributed by atoms with Gasteiger partial charge in [0.1, 0.15) is 5.54 Å². The van der Waals surface area contributed by atoms with E-state index in [0.717, 1.165) is 5.56 Å². The Labute approximate surface area is 272 Å². The Morgan fingerprint density at radius 2 is 1.43 bits per heavy atom. The minimum absolute atomic E-state index is 0.242. The highest BCUT2D eigenvalue weighted by Crippen LogP contribution is 2.57. The summed E-state index contributed by atoms with van der Waals surface area (Å²) in [4.78, 5) is 44.0. The third kappa shape index (κ3) is 5.85. The van der Waals surface area contributed by atoms with Crippen molar-refractivity contribution in [2.24, 2.45) is 5.92 Å². The molecule has 0 aromatic heterocycles. The van der Waals surface area contributed by atoms with Gasteiger partial charge in [-0.15, -0.1) is 0 Å². The summed E-state index contributed by atoms with van der Waals surface area (Å²) in [5.74, 6) is -3.28. The first kappa shape index (κ1) is 32.3. The molecule has 236 valence electrons. The Morgan fingerprint density at radius 3 is 1.98 bits per heavy atom. The van der Waals surface area contributed by atoms with Crippen LogP contribution in [-0.2, 0) is 4.79 Å². The van der Waals surface area contributed by atoms with Crippen molar-refractivity contribution in [1.82, 2.24) is 4.90 Å². The molecule has 10 nitrogen and oxygen atoms in total. The van der Waals surface area contributed by atoms with Crippen LogP contribution in [0.2, 0.25) is 0 Å². The molecule has 10 heteroatoms. The van der Waals surface area contributed by atoms with Gasteiger partial charge in [-0.1, -0.05) is 42.5 Å². The first-order chi connectivity index (χ1) is 22.6. The molecule has 4 aromatic rings. The number of nitriles is 2. The zero-order valence-corrected chi connectivity index (χ0v) is 26.2. The molecule has 2 N–H and O–H groups in total. The third-order valence-corrected chi connectivity index (χ3v) is 8.75. The van der Waals surface area contributed by atoms with Crippen LogP contribution in [0, 0.1) is 35.5 Å². The zero-order valence-electron chi connectivity index (χ0n) is 26.2. The predicted molar refractivity (Wildman–Crippen MR) is 173 cm³/mol. The molecule has 0 radical (unpaired) electrons. The fourth-order valence-corrected chi connectivity index (χ4v) is 6.50. The largest absolute Gasteiger partial charge is 0.493 e. The van der Waals surface area contributed by atoms with Crippen LogP contribution in [0.15, 0.2) is 91.0 Å². The summed E-state index contributed by atoms with van der Waals surface area (Å²) in [6.45, 7) is 3.31. The Hall–Kier alpha value is -6.13. The van der Waals surface area contributed by atoms with Gasteiger partial charge in [-0.2, -0.15) is 10.5 Å². The highest BCUT2D eigenvalue weighted by molar-refractivity contribution is 6.03. The van der Waals surface area contributed by atoms with Crippen molar-refractivity contribution in [3.8, 4) is 23.6 Å². The second-order valence-electron chi connectivity index (χ2n) is 11.5. The topological polar surface area (TPSA) is 153 Å². The molecule has 0 saturated carbocycles. The Kier molecular flexibility index (Phi) is 8.98. The molecule has 4 unspecified atom stereocenters. The van der Waals surface area contributed by atoms with Gasteiger partial charge < -0.3 is 19.9 Å². The fraction of sp³-hybridized carbons (Fsp3) is 0.216. The summed E-state index contributed by atoms with van der Waals surface area (Å²) in [5, 5.41) is 32.8. The second-order valence-corrected chi connectivity index (χ2v) is 11.5. The molecule has 0 aliphatic carbocycles. The van der Waals surface area contributed by atoms with Gasteiger partial charge in [-0.3, -0.25) is 9.69 Å². The van der Waals surface area contributed by atoms with Gasteiger partial charge in [0.2, 0.25) is 0 Å². The molecule has 1 saturated heterocycles. The van der Waals surface area contributed by atoms with Crippen LogP contribution >= 0.6 is 0 Å². The number of benzene rings is 4. The van der Waals surface area contributed by atoms with Gasteiger partial charge >= 0.3 is 12.0 Å². The molecule has 1 fully saturated rings. The lowest BCUT2D eigenvalue weighted by atomic mass is 9.71. The van der Waals surface area contributed by atoms with Crippen LogP contribution in [0.4, 0.5) is 10.5 Å². The molecule has 1 aliphatic rings. The summed E-state index contributed by atoms with van der Waals surface area (Å²) in [7, 11) is 2.93. The van der Waals surface area contributed by atoms with Gasteiger partial charge in [0, 0.05) is 17.2 Å². The average molecular weight is 629 g/mol. The smallest absolute Gasteiger partial charge is 0.330 e. The summed E-state index contributed by atoms with van der Waals surface area (Å²) in [5.41, 5.74) is 1.19. The molecule has 0 spiro atoms. The van der Waals surface area contributed by atoms with Crippen LogP contribution in [0.1, 0.15) is 57.1 Å². The number of carbonyl (C=O) groups is 3. The number of carboxylic acid groups (broad SMARTS) is 1. The van der Waals surface area contributed by atoms with Gasteiger partial charge in [-0.25, -0.2) is 9.59 Å². The van der Waals surface area contributed by atoms with Gasteiger partial charge in [-0.05, 0) is 79.1 Å². The number of ketones is 1. The van der Waals surface area contributed by atoms with Crippen molar-refractivity contribution in [3.63, 3.8) is 0 Å². The quantitative estimate of drug-likeness (QED) is 0.211. The number of nitrogens with zero attached hydrogens (tertiary/aromatic N) is 3. The van der Waals surface area contributed by atoms with Gasteiger partial charge in [0.15, 0.2) is 17.3 Å². The average Bonchev–Trinajstić information content (AvgIpc) is 3.37. The molecule has 4 atom stereocenters. The number of methoxy groups -OCH3 is 2. The van der Waals surface area contributed by atoms with E-state index in [1.54, 1.807) is 60.7 Å². The van der Waals surface area contributed by atoms with E-state index in [0.29, 0.717) is 39.4 Å². The standard InChI is InChI=1S/C37H32N4O6/c1-22-6-5-7-28(18-22)40-36(45)41-33(25-12-8-23(20-38)9-13-25)31(34(42)26-14-10-24(21-39)11-15-26)32(37(41,2)35(43)44)27-16-17-29(46-3)30(19-27)47-4/h5-19,31-33H,1-4H3,(H,40,45)(H,43,44). The number of aliphatic carboxylic acids is 1. The highest BCUT2D eigenvalue weighted by atomic mass is 16.5. The lowest BCUT2D eigenvalue weighted by Gasteiger charge is -2.38. The molecular weight excluding hydrogens is 596 g/mol. The number of ether oxygens (including phenoxy) is 2. The summed E-state index contributed by atoms with van der Waals surface area (Å²) in [6, 6.07) is 26.8. The number of hydrogen-bond acceptors (Lipinski definition) is 7. The molecular formula is C37H32N4O6. The van der Waals surface area contributed by atoms with Crippen LogP contribution < -0.4 is 14.8 Å². The normalized spacial score (nSPS) is 20.0. The SMILES string of the molecule is COc1ccc(C2C(C(=O)c3ccc(C#N)cc3)C(c3ccc(C#N)cc3)N(C(=O)Nc3cccc(C)c3)C2(C)C(=O)O)cc1OC. The molecule has 47 heavy (non-hydrogen) atoms. The number of anilines is 1. The highest BCUT2D eigenvalue weighted by Gasteiger charge is 2.65. The Bertz CT molecular complexity index is 1930. The first-order valence-corrected chi connectivity index (χ1v) is 14.7. The van der Waals surface area contributed by atoms with Gasteiger partial charge in [0.25, 0.3) is 0 Å². The predicted octanol–water partition coefficient (Wildman–Crippen LogP) is 6.47. The van der Waals surface area contributed by atoms with E-state index in [9.17, 15) is 30.0 Å². The van der Waals surface area contributed by atoms with E-state index >= 15 is 0 Å². The van der Waals surface area contributed by atoms with Crippen LogP contribution in [0.25, 0.3) is 0 Å². The van der Waals surface area contributed by atoms with E-state index in [4.69, 9.17) is 9.47 Å². The lowest BCUT2D eigenvalue weighted by molar-refractivity contribution is -0.148. The first-order valence-electron chi connectivity index (χ1n) is 14.7. The fourth-order valence-electron chi connectivity index (χ4n) is 6.50. The molecule has 4 aromatic carbocycles. The number of hydrogen-bond donors (Lipinski definition) is 2. The molecule has 1 heterocycles. The monoisotopic (exact) mass is 628 g/mol. The zero-order chi connectivity index (χ0) is 33.9. The summed E-state index contributed by atoms with van der Waals surface area (Å²) < 4.78 is 11.0. The molecule has 1 aliphatic heterocycles. The third-order valence-electron chi connectivity index (χ3n) is 8.75. The molecule has 0 bridgehead atoms. The number of urea groups is 1. The second kappa shape index (κ2) is 13.1. The summed E-state index contributed by atoms with van der Waals surface area (Å²) in [6.07, 6.45) is 0. The number of carbonyl (C=O) groups excluding carboxylic acids is 2. The van der Waals surface area contributed by atoms with E-state index in [2.05, 4.69) is 11.4 Å². The van der Waals surface area contributed by atoms with Crippen molar-refractivity contribution < 1.29 is 29.0 Å². The number of rotatable bonds is 8. The van der Waals surface area contributed by atoms with Crippen molar-refractivity contribution in [2.75, 3.05) is 19.5 Å². The van der Waals surface area contributed by atoms with Crippen LogP contribution in [0.3, 0.4) is 0 Å². The van der Waals surface area contributed by atoms with Crippen LogP contribution in [-0.4, -0.2) is 47.5 Å². The van der Waals surface area contributed by atoms with Crippen molar-refractivity contribution in [1.29, 1.82) is 10.5 Å². The number of aryl methyl sites for hydroxylation is 1. The van der Waals surface area contributed by atoms with E-state index < -0.39 is 41.2 Å². The number of Topliss-reactive ketones (excluding diaryl/α,β-unsaturated/α-hetero) is 1. The Morgan fingerprint density at radius 1 is 0.830 bits per heavy atom. The van der Waals surface area contributed by atoms with E-state index in [1.165, 1.54) is 50.3 Å². The van der Waals surface area contributed by atoms with Crippen molar-refractivity contribution in [2.45, 2.75) is 31.3 Å². The minimum atomic E-state index is -1.99. The lowest BCUT2D eigenvalue weighted by Crippen LogP contribution is -2.55.